The van der Waals surface area contributed by atoms with Crippen LogP contribution in [-0.4, -0.2) is 19.1 Å². The van der Waals surface area contributed by atoms with E-state index in [2.05, 4.69) is 173 Å². The first kappa shape index (κ1) is 29.8. The summed E-state index contributed by atoms with van der Waals surface area (Å²) >= 11 is 0. The number of aromatic nitrogens is 4. The van der Waals surface area contributed by atoms with E-state index in [-0.39, 0.29) is 0 Å². The van der Waals surface area contributed by atoms with Crippen molar-refractivity contribution in [3.8, 4) is 56.3 Å². The fourth-order valence-corrected chi connectivity index (χ4v) is 7.50. The highest BCUT2D eigenvalue weighted by Crippen LogP contribution is 2.37. The van der Waals surface area contributed by atoms with Gasteiger partial charge in [0.05, 0.1) is 22.2 Å². The number of nitrogens with zero attached hydrogens (tertiary/aromatic N) is 4. The first-order chi connectivity index (χ1) is 25.8. The summed E-state index contributed by atoms with van der Waals surface area (Å²) in [4.78, 5) is 9.91. The Labute approximate surface area is 301 Å². The standard InChI is InChI=1S/C48H32N4/c1-3-13-35(14-4-1)47-43(32-49-48(50-47)36-15-5-2-6-16-36)33-22-25-39(26-23-33)52-45-21-10-8-19-41(45)42-31-38(24-27-46(42)52)37-17-11-18-40(30-37)51-29-28-34-12-7-9-20-44(34)51/h1-32H. The predicted octanol–water partition coefficient (Wildman–Crippen LogP) is 12.2. The number of rotatable bonds is 6. The van der Waals surface area contributed by atoms with E-state index in [4.69, 9.17) is 9.97 Å². The topological polar surface area (TPSA) is 35.6 Å². The smallest absolute Gasteiger partial charge is 0.159 e. The lowest BCUT2D eigenvalue weighted by Crippen LogP contribution is -1.97. The van der Waals surface area contributed by atoms with Crippen molar-refractivity contribution in [2.24, 2.45) is 0 Å². The highest BCUT2D eigenvalue weighted by Gasteiger charge is 2.16. The fourth-order valence-electron chi connectivity index (χ4n) is 7.50. The van der Waals surface area contributed by atoms with Crippen LogP contribution < -0.4 is 0 Å². The van der Waals surface area contributed by atoms with Gasteiger partial charge >= 0.3 is 0 Å². The first-order valence-corrected chi connectivity index (χ1v) is 17.6. The van der Waals surface area contributed by atoms with Crippen molar-refractivity contribution in [3.63, 3.8) is 0 Å². The molecule has 4 nitrogen and oxygen atoms in total. The number of fused-ring (bicyclic) bond motifs is 4. The van der Waals surface area contributed by atoms with Crippen LogP contribution in [0.15, 0.2) is 194 Å². The fraction of sp³-hybridized carbons (Fsp3) is 0. The zero-order valence-corrected chi connectivity index (χ0v) is 28.3. The molecule has 0 aliphatic heterocycles. The van der Waals surface area contributed by atoms with E-state index >= 15 is 0 Å². The highest BCUT2D eigenvalue weighted by molar-refractivity contribution is 6.10. The molecule has 3 heterocycles. The molecule has 0 fully saturated rings. The van der Waals surface area contributed by atoms with Gasteiger partial charge in [-0.1, -0.05) is 127 Å². The Balaban J connectivity index is 1.05. The number of para-hydroxylation sites is 2. The molecule has 7 aromatic carbocycles. The minimum Gasteiger partial charge on any atom is -0.317 e. The second kappa shape index (κ2) is 12.4. The number of hydrogen-bond acceptors (Lipinski definition) is 2. The zero-order chi connectivity index (χ0) is 34.4. The van der Waals surface area contributed by atoms with Crippen LogP contribution >= 0.6 is 0 Å². The third-order valence-corrected chi connectivity index (χ3v) is 10.0. The largest absolute Gasteiger partial charge is 0.317 e. The second-order valence-electron chi connectivity index (χ2n) is 13.1. The SMILES string of the molecule is c1ccc(-c2ncc(-c3ccc(-n4c5ccccc5c5cc(-c6cccc(-n7ccc8ccccc87)c6)ccc54)cc3)c(-c3ccccc3)n2)cc1. The summed E-state index contributed by atoms with van der Waals surface area (Å²) < 4.78 is 4.63. The minimum absolute atomic E-state index is 0.717. The van der Waals surface area contributed by atoms with Gasteiger partial charge in [-0.25, -0.2) is 9.97 Å². The van der Waals surface area contributed by atoms with Crippen molar-refractivity contribution in [1.29, 1.82) is 0 Å². The third kappa shape index (κ3) is 5.09. The Kier molecular flexibility index (Phi) is 7.10. The molecule has 0 amide bonds. The molecule has 0 saturated heterocycles. The van der Waals surface area contributed by atoms with Gasteiger partial charge < -0.3 is 9.13 Å². The Hall–Kier alpha value is -7.04. The van der Waals surface area contributed by atoms with E-state index in [1.54, 1.807) is 0 Å². The highest BCUT2D eigenvalue weighted by atomic mass is 15.0. The van der Waals surface area contributed by atoms with Crippen molar-refractivity contribution in [2.45, 2.75) is 0 Å². The van der Waals surface area contributed by atoms with Crippen LogP contribution in [0.1, 0.15) is 0 Å². The van der Waals surface area contributed by atoms with Gasteiger partial charge in [-0.3, -0.25) is 0 Å². The predicted molar refractivity (Wildman–Crippen MR) is 215 cm³/mol. The van der Waals surface area contributed by atoms with E-state index in [0.717, 1.165) is 45.1 Å². The molecule has 3 aromatic heterocycles. The van der Waals surface area contributed by atoms with Crippen LogP contribution in [-0.2, 0) is 0 Å². The molecule has 0 aliphatic carbocycles. The summed E-state index contributed by atoms with van der Waals surface area (Å²) in [6, 6.07) is 64.4. The maximum absolute atomic E-state index is 5.09. The van der Waals surface area contributed by atoms with Crippen LogP contribution in [0.5, 0.6) is 0 Å². The van der Waals surface area contributed by atoms with Gasteiger partial charge in [0.2, 0.25) is 0 Å². The van der Waals surface area contributed by atoms with Gasteiger partial charge in [-0.2, -0.15) is 0 Å². The zero-order valence-electron chi connectivity index (χ0n) is 28.3. The monoisotopic (exact) mass is 664 g/mol. The van der Waals surface area contributed by atoms with Crippen LogP contribution in [0.2, 0.25) is 0 Å². The van der Waals surface area contributed by atoms with Gasteiger partial charge in [-0.15, -0.1) is 0 Å². The average Bonchev–Trinajstić information content (AvgIpc) is 3.81. The molecule has 10 rings (SSSR count). The molecule has 4 heteroatoms. The lowest BCUT2D eigenvalue weighted by Gasteiger charge is -2.13. The van der Waals surface area contributed by atoms with E-state index < -0.39 is 0 Å². The second-order valence-corrected chi connectivity index (χ2v) is 13.1. The molecule has 10 aromatic rings. The van der Waals surface area contributed by atoms with E-state index in [1.807, 2.05) is 30.5 Å². The van der Waals surface area contributed by atoms with Crippen LogP contribution in [0.4, 0.5) is 0 Å². The summed E-state index contributed by atoms with van der Waals surface area (Å²) in [6.07, 6.45) is 4.11. The average molecular weight is 665 g/mol. The molecule has 0 radical (unpaired) electrons. The lowest BCUT2D eigenvalue weighted by atomic mass is 10.00. The number of benzene rings is 7. The molecule has 244 valence electrons. The maximum Gasteiger partial charge on any atom is 0.159 e. The normalized spacial score (nSPS) is 11.5. The van der Waals surface area contributed by atoms with Crippen LogP contribution in [0.3, 0.4) is 0 Å². The molecular weight excluding hydrogens is 633 g/mol. The lowest BCUT2D eigenvalue weighted by molar-refractivity contribution is 1.13. The summed E-state index contributed by atoms with van der Waals surface area (Å²) in [5.41, 5.74) is 13.2. The molecule has 52 heavy (non-hydrogen) atoms. The van der Waals surface area contributed by atoms with Crippen molar-refractivity contribution in [3.05, 3.63) is 194 Å². The van der Waals surface area contributed by atoms with Gasteiger partial charge in [0, 0.05) is 51.2 Å². The van der Waals surface area contributed by atoms with Gasteiger partial charge in [-0.05, 0) is 76.7 Å². The minimum atomic E-state index is 0.717. The Bertz CT molecular complexity index is 2880. The molecule has 0 saturated carbocycles. The maximum atomic E-state index is 5.09. The molecule has 0 spiro atoms. The van der Waals surface area contributed by atoms with Crippen molar-refractivity contribution >= 4 is 32.7 Å². The van der Waals surface area contributed by atoms with Gasteiger partial charge in [0.15, 0.2) is 5.82 Å². The summed E-state index contributed by atoms with van der Waals surface area (Å²) in [5.74, 6) is 0.717. The summed E-state index contributed by atoms with van der Waals surface area (Å²) in [6.45, 7) is 0. The van der Waals surface area contributed by atoms with Crippen molar-refractivity contribution in [2.75, 3.05) is 0 Å². The van der Waals surface area contributed by atoms with Gasteiger partial charge in [0.1, 0.15) is 0 Å². The molecule has 0 atom stereocenters. The summed E-state index contributed by atoms with van der Waals surface area (Å²) in [5, 5.41) is 3.69. The van der Waals surface area contributed by atoms with Crippen molar-refractivity contribution < 1.29 is 0 Å². The van der Waals surface area contributed by atoms with E-state index in [0.29, 0.717) is 0 Å². The van der Waals surface area contributed by atoms with E-state index in [9.17, 15) is 0 Å². The van der Waals surface area contributed by atoms with Crippen LogP contribution in [0, 0.1) is 0 Å². The van der Waals surface area contributed by atoms with E-state index in [1.165, 1.54) is 43.8 Å². The Morgan fingerprint density at radius 2 is 1.06 bits per heavy atom. The number of hydrogen-bond donors (Lipinski definition) is 0. The molecule has 0 aliphatic rings. The van der Waals surface area contributed by atoms with Gasteiger partial charge in [0.25, 0.3) is 0 Å². The summed E-state index contributed by atoms with van der Waals surface area (Å²) in [7, 11) is 0. The molecule has 0 N–H and O–H groups in total. The van der Waals surface area contributed by atoms with Crippen LogP contribution in [0.25, 0.3) is 89.0 Å². The molecule has 0 unspecified atom stereocenters. The first-order valence-electron chi connectivity index (χ1n) is 17.6. The Morgan fingerprint density at radius 1 is 0.404 bits per heavy atom. The molecular formula is C48H32N4. The Morgan fingerprint density at radius 3 is 1.88 bits per heavy atom. The third-order valence-electron chi connectivity index (χ3n) is 10.0. The van der Waals surface area contributed by atoms with Crippen molar-refractivity contribution in [1.82, 2.24) is 19.1 Å². The quantitative estimate of drug-likeness (QED) is 0.177. The molecule has 0 bridgehead atoms.